The highest BCUT2D eigenvalue weighted by Gasteiger charge is 2.36. The van der Waals surface area contributed by atoms with Gasteiger partial charge in [0.25, 0.3) is 0 Å². The first-order valence-corrected chi connectivity index (χ1v) is 8.33. The summed E-state index contributed by atoms with van der Waals surface area (Å²) in [6.07, 6.45) is -2.33. The smallest absolute Gasteiger partial charge is 0.371 e. The van der Waals surface area contributed by atoms with Crippen molar-refractivity contribution in [3.8, 4) is 0 Å². The Labute approximate surface area is 147 Å². The Kier molecular flexibility index (Phi) is 4.14. The van der Waals surface area contributed by atoms with Crippen molar-refractivity contribution in [2.75, 3.05) is 29.9 Å². The number of hydrogen-bond donors (Lipinski definition) is 2. The predicted octanol–water partition coefficient (Wildman–Crippen LogP) is 3.31. The van der Waals surface area contributed by atoms with Gasteiger partial charge in [-0.25, -0.2) is 15.0 Å². The number of benzene rings is 1. The molecule has 1 aliphatic rings. The van der Waals surface area contributed by atoms with Crippen molar-refractivity contribution in [1.82, 2.24) is 19.9 Å². The van der Waals surface area contributed by atoms with E-state index in [1.54, 1.807) is 0 Å². The van der Waals surface area contributed by atoms with Crippen molar-refractivity contribution in [2.24, 2.45) is 5.92 Å². The molecule has 0 saturated carbocycles. The highest BCUT2D eigenvalue weighted by atomic mass is 19.4. The minimum Gasteiger partial charge on any atom is -0.371 e. The van der Waals surface area contributed by atoms with E-state index in [4.69, 9.17) is 0 Å². The van der Waals surface area contributed by atoms with Gasteiger partial charge in [-0.1, -0.05) is 18.2 Å². The molecular weight excluding hydrogens is 345 g/mol. The highest BCUT2D eigenvalue weighted by Crippen LogP contribution is 2.30. The van der Waals surface area contributed by atoms with E-state index < -0.39 is 12.0 Å². The first-order chi connectivity index (χ1) is 12.5. The van der Waals surface area contributed by atoms with Crippen LogP contribution in [0.1, 0.15) is 12.2 Å². The average molecular weight is 362 g/mol. The van der Waals surface area contributed by atoms with Crippen LogP contribution in [-0.2, 0) is 6.18 Å². The number of fused-ring (bicyclic) bond motifs is 1. The van der Waals surface area contributed by atoms with Crippen LogP contribution < -0.4 is 10.2 Å². The zero-order valence-electron chi connectivity index (χ0n) is 13.8. The van der Waals surface area contributed by atoms with Crippen molar-refractivity contribution in [2.45, 2.75) is 12.6 Å². The van der Waals surface area contributed by atoms with Gasteiger partial charge < -0.3 is 15.2 Å². The van der Waals surface area contributed by atoms with Crippen LogP contribution in [0.2, 0.25) is 0 Å². The average Bonchev–Trinajstić information content (AvgIpc) is 3.29. The van der Waals surface area contributed by atoms with Crippen molar-refractivity contribution in [1.29, 1.82) is 0 Å². The Hall–Kier alpha value is -2.84. The molecule has 136 valence electrons. The molecule has 0 unspecified atom stereocenters. The molecule has 1 aliphatic heterocycles. The fourth-order valence-corrected chi connectivity index (χ4v) is 3.20. The summed E-state index contributed by atoms with van der Waals surface area (Å²) >= 11 is 0. The van der Waals surface area contributed by atoms with Gasteiger partial charge in [-0.3, -0.25) is 0 Å². The Morgan fingerprint density at radius 1 is 1.19 bits per heavy atom. The molecule has 3 aromatic rings. The molecule has 1 fully saturated rings. The van der Waals surface area contributed by atoms with Gasteiger partial charge in [0.2, 0.25) is 5.82 Å². The number of rotatable bonds is 4. The molecule has 3 heterocycles. The molecule has 4 rings (SSSR count). The Bertz CT molecular complexity index is 892. The molecule has 26 heavy (non-hydrogen) atoms. The van der Waals surface area contributed by atoms with Gasteiger partial charge in [0.1, 0.15) is 5.52 Å². The molecule has 1 atom stereocenters. The van der Waals surface area contributed by atoms with Crippen LogP contribution in [0.5, 0.6) is 0 Å². The molecule has 6 nitrogen and oxygen atoms in total. The maximum Gasteiger partial charge on any atom is 0.451 e. The topological polar surface area (TPSA) is 69.7 Å². The summed E-state index contributed by atoms with van der Waals surface area (Å²) in [7, 11) is 0. The van der Waals surface area contributed by atoms with Crippen LogP contribution >= 0.6 is 0 Å². The lowest BCUT2D eigenvalue weighted by atomic mass is 10.1. The van der Waals surface area contributed by atoms with E-state index in [2.05, 4.69) is 42.3 Å². The van der Waals surface area contributed by atoms with Crippen LogP contribution in [0.15, 0.2) is 36.7 Å². The van der Waals surface area contributed by atoms with Gasteiger partial charge >= 0.3 is 6.18 Å². The third kappa shape index (κ3) is 3.29. The lowest BCUT2D eigenvalue weighted by molar-refractivity contribution is -0.144. The summed E-state index contributed by atoms with van der Waals surface area (Å²) in [6, 6.07) is 10.1. The quantitative estimate of drug-likeness (QED) is 0.745. The molecule has 2 aromatic heterocycles. The second-order valence-electron chi connectivity index (χ2n) is 6.31. The largest absolute Gasteiger partial charge is 0.451 e. The van der Waals surface area contributed by atoms with E-state index in [-0.39, 0.29) is 11.5 Å². The summed E-state index contributed by atoms with van der Waals surface area (Å²) < 4.78 is 39.0. The van der Waals surface area contributed by atoms with Crippen LogP contribution in [0.4, 0.5) is 24.7 Å². The maximum absolute atomic E-state index is 13.0. The zero-order chi connectivity index (χ0) is 18.1. The van der Waals surface area contributed by atoms with Crippen LogP contribution in [0.3, 0.4) is 0 Å². The van der Waals surface area contributed by atoms with Crippen molar-refractivity contribution < 1.29 is 13.2 Å². The molecule has 1 aromatic carbocycles. The molecule has 1 saturated heterocycles. The number of imidazole rings is 1. The number of H-pyrrole nitrogens is 1. The standard InChI is InChI=1S/C17H17F3N6/c18-17(19,20)16-24-14(13-15(25-16)23-10-22-13)21-8-11-6-7-26(9-11)12-4-2-1-3-5-12/h1-5,10-11H,6-9H2,(H2,21,22,23,24,25)/t11-/m0/s1. The fraction of sp³-hybridized carbons (Fsp3) is 0.353. The van der Waals surface area contributed by atoms with E-state index in [1.807, 2.05) is 18.2 Å². The normalized spacial score (nSPS) is 17.8. The number of aromatic nitrogens is 4. The van der Waals surface area contributed by atoms with E-state index in [1.165, 1.54) is 6.33 Å². The molecule has 0 bridgehead atoms. The number of anilines is 2. The summed E-state index contributed by atoms with van der Waals surface area (Å²) in [6.45, 7) is 2.31. The van der Waals surface area contributed by atoms with Gasteiger partial charge in [0.15, 0.2) is 11.5 Å². The lowest BCUT2D eigenvalue weighted by Crippen LogP contribution is -2.23. The summed E-state index contributed by atoms with van der Waals surface area (Å²) in [5, 5.41) is 3.05. The van der Waals surface area contributed by atoms with Crippen molar-refractivity contribution >= 4 is 22.7 Å². The molecular formula is C17H17F3N6. The summed E-state index contributed by atoms with van der Waals surface area (Å²) in [4.78, 5) is 16.0. The maximum atomic E-state index is 13.0. The Morgan fingerprint density at radius 2 is 2.00 bits per heavy atom. The third-order valence-electron chi connectivity index (χ3n) is 4.50. The zero-order valence-corrected chi connectivity index (χ0v) is 13.8. The minimum absolute atomic E-state index is 0.00663. The van der Waals surface area contributed by atoms with Gasteiger partial charge in [-0.15, -0.1) is 0 Å². The number of nitrogens with one attached hydrogen (secondary N) is 2. The second-order valence-corrected chi connectivity index (χ2v) is 6.31. The first-order valence-electron chi connectivity index (χ1n) is 8.33. The van der Waals surface area contributed by atoms with E-state index in [0.717, 1.165) is 25.2 Å². The number of nitrogens with zero attached hydrogens (tertiary/aromatic N) is 4. The predicted molar refractivity (Wildman–Crippen MR) is 91.9 cm³/mol. The van der Waals surface area contributed by atoms with Gasteiger partial charge in [0.05, 0.1) is 6.33 Å². The number of para-hydroxylation sites is 1. The van der Waals surface area contributed by atoms with E-state index >= 15 is 0 Å². The number of alkyl halides is 3. The Morgan fingerprint density at radius 3 is 2.77 bits per heavy atom. The minimum atomic E-state index is -4.61. The monoisotopic (exact) mass is 362 g/mol. The van der Waals surface area contributed by atoms with Crippen LogP contribution in [-0.4, -0.2) is 39.6 Å². The van der Waals surface area contributed by atoms with Gasteiger partial charge in [0, 0.05) is 25.3 Å². The molecule has 0 amide bonds. The Balaban J connectivity index is 1.47. The van der Waals surface area contributed by atoms with Crippen molar-refractivity contribution in [3.05, 3.63) is 42.5 Å². The van der Waals surface area contributed by atoms with Gasteiger partial charge in [-0.2, -0.15) is 13.2 Å². The summed E-state index contributed by atoms with van der Waals surface area (Å²) in [5.74, 6) is -0.729. The second kappa shape index (κ2) is 6.47. The van der Waals surface area contributed by atoms with Gasteiger partial charge in [-0.05, 0) is 24.5 Å². The third-order valence-corrected chi connectivity index (χ3v) is 4.50. The molecule has 0 aliphatic carbocycles. The van der Waals surface area contributed by atoms with Crippen molar-refractivity contribution in [3.63, 3.8) is 0 Å². The summed E-state index contributed by atoms with van der Waals surface area (Å²) in [5.41, 5.74) is 1.55. The molecule has 0 spiro atoms. The highest BCUT2D eigenvalue weighted by molar-refractivity contribution is 5.82. The lowest BCUT2D eigenvalue weighted by Gasteiger charge is -2.19. The van der Waals surface area contributed by atoms with E-state index in [9.17, 15) is 13.2 Å². The number of aromatic amines is 1. The van der Waals surface area contributed by atoms with E-state index in [0.29, 0.717) is 18.0 Å². The van der Waals surface area contributed by atoms with Crippen LogP contribution in [0.25, 0.3) is 11.2 Å². The number of halogens is 3. The van der Waals surface area contributed by atoms with Crippen LogP contribution in [0, 0.1) is 5.92 Å². The first kappa shape index (κ1) is 16.6. The fourth-order valence-electron chi connectivity index (χ4n) is 3.20. The molecule has 0 radical (unpaired) electrons. The number of hydrogen-bond acceptors (Lipinski definition) is 5. The molecule has 2 N–H and O–H groups in total. The SMILES string of the molecule is FC(F)(F)c1nc(NC[C@@H]2CCN(c3ccccc3)C2)c2[nH]cnc2n1. The molecule has 9 heteroatoms.